The van der Waals surface area contributed by atoms with Gasteiger partial charge in [-0.3, -0.25) is 0 Å². The first-order valence-corrected chi connectivity index (χ1v) is 7.35. The number of hydrogen-bond acceptors (Lipinski definition) is 4. The highest BCUT2D eigenvalue weighted by atomic mass is 15.0. The van der Waals surface area contributed by atoms with E-state index in [0.29, 0.717) is 6.42 Å². The summed E-state index contributed by atoms with van der Waals surface area (Å²) in [4.78, 5) is 17.4. The fourth-order valence-corrected chi connectivity index (χ4v) is 2.90. The van der Waals surface area contributed by atoms with Gasteiger partial charge in [0.05, 0.1) is 23.1 Å². The predicted molar refractivity (Wildman–Crippen MR) is 80.9 cm³/mol. The second-order valence-corrected chi connectivity index (χ2v) is 5.35. The van der Waals surface area contributed by atoms with Crippen molar-refractivity contribution in [1.29, 1.82) is 0 Å². The molecule has 0 fully saturated rings. The Morgan fingerprint density at radius 1 is 1.10 bits per heavy atom. The highest BCUT2D eigenvalue weighted by molar-refractivity contribution is 5.74. The summed E-state index contributed by atoms with van der Waals surface area (Å²) in [7, 11) is 0. The molecule has 21 heavy (non-hydrogen) atoms. The molecule has 0 amide bonds. The van der Waals surface area contributed by atoms with Gasteiger partial charge >= 0.3 is 0 Å². The summed E-state index contributed by atoms with van der Waals surface area (Å²) in [6.07, 6.45) is 1.59. The van der Waals surface area contributed by atoms with E-state index in [1.54, 1.807) is 0 Å². The maximum absolute atomic E-state index is 4.72. The molecule has 1 aliphatic heterocycles. The molecule has 0 saturated carbocycles. The number of rotatable bonds is 3. The first kappa shape index (κ1) is 12.5. The van der Waals surface area contributed by atoms with Crippen molar-refractivity contribution in [3.8, 4) is 0 Å². The first-order valence-electron chi connectivity index (χ1n) is 7.35. The van der Waals surface area contributed by atoms with E-state index in [1.807, 2.05) is 24.3 Å². The number of hydrogen-bond donors (Lipinski definition) is 2. The van der Waals surface area contributed by atoms with Crippen LogP contribution in [-0.4, -0.2) is 19.9 Å². The SMILES string of the molecule is CCc1nc(Cc2nc3ccccc3[nH]2)nc2c1CNC2. The highest BCUT2D eigenvalue weighted by Gasteiger charge is 2.18. The molecule has 0 atom stereocenters. The van der Waals surface area contributed by atoms with Crippen LogP contribution in [0.2, 0.25) is 0 Å². The Labute approximate surface area is 122 Å². The predicted octanol–water partition coefficient (Wildman–Crippen LogP) is 2.11. The zero-order chi connectivity index (χ0) is 14.2. The number of para-hydroxylation sites is 2. The molecule has 4 rings (SSSR count). The molecule has 0 saturated heterocycles. The van der Waals surface area contributed by atoms with Crippen LogP contribution in [0, 0.1) is 0 Å². The second kappa shape index (κ2) is 4.93. The van der Waals surface area contributed by atoms with Gasteiger partial charge in [0.25, 0.3) is 0 Å². The molecular weight excluding hydrogens is 262 g/mol. The summed E-state index contributed by atoms with van der Waals surface area (Å²) >= 11 is 0. The van der Waals surface area contributed by atoms with E-state index in [9.17, 15) is 0 Å². The van der Waals surface area contributed by atoms with Gasteiger partial charge < -0.3 is 10.3 Å². The molecule has 5 heteroatoms. The number of aromatic nitrogens is 4. The summed E-state index contributed by atoms with van der Waals surface area (Å²) in [5.74, 6) is 1.78. The smallest absolute Gasteiger partial charge is 0.136 e. The van der Waals surface area contributed by atoms with E-state index in [0.717, 1.165) is 53.6 Å². The number of imidazole rings is 1. The third-order valence-electron chi connectivity index (χ3n) is 3.92. The van der Waals surface area contributed by atoms with Gasteiger partial charge in [0.1, 0.15) is 11.6 Å². The van der Waals surface area contributed by atoms with Gasteiger partial charge in [-0.25, -0.2) is 15.0 Å². The summed E-state index contributed by atoms with van der Waals surface area (Å²) in [6, 6.07) is 8.06. The van der Waals surface area contributed by atoms with Crippen LogP contribution in [0.25, 0.3) is 11.0 Å². The lowest BCUT2D eigenvalue weighted by molar-refractivity contribution is 0.754. The monoisotopic (exact) mass is 279 g/mol. The summed E-state index contributed by atoms with van der Waals surface area (Å²) in [5.41, 5.74) is 5.65. The minimum atomic E-state index is 0.648. The van der Waals surface area contributed by atoms with E-state index < -0.39 is 0 Å². The number of nitrogens with one attached hydrogen (secondary N) is 2. The van der Waals surface area contributed by atoms with Crippen LogP contribution < -0.4 is 5.32 Å². The quantitative estimate of drug-likeness (QED) is 0.770. The van der Waals surface area contributed by atoms with Crippen molar-refractivity contribution in [2.75, 3.05) is 0 Å². The van der Waals surface area contributed by atoms with Crippen LogP contribution in [0.15, 0.2) is 24.3 Å². The van der Waals surface area contributed by atoms with Crippen molar-refractivity contribution in [2.24, 2.45) is 0 Å². The Kier molecular flexibility index (Phi) is 2.93. The van der Waals surface area contributed by atoms with E-state index in [-0.39, 0.29) is 0 Å². The van der Waals surface area contributed by atoms with Crippen molar-refractivity contribution in [1.82, 2.24) is 25.3 Å². The second-order valence-electron chi connectivity index (χ2n) is 5.35. The lowest BCUT2D eigenvalue weighted by atomic mass is 10.1. The number of nitrogens with zero attached hydrogens (tertiary/aromatic N) is 3. The average Bonchev–Trinajstić information content (AvgIpc) is 3.11. The molecule has 0 radical (unpaired) electrons. The summed E-state index contributed by atoms with van der Waals surface area (Å²) in [5, 5.41) is 3.35. The van der Waals surface area contributed by atoms with Crippen LogP contribution in [0.3, 0.4) is 0 Å². The van der Waals surface area contributed by atoms with Gasteiger partial charge in [0.15, 0.2) is 0 Å². The van der Waals surface area contributed by atoms with Crippen LogP contribution in [0.1, 0.15) is 35.5 Å². The van der Waals surface area contributed by atoms with Gasteiger partial charge in [-0.2, -0.15) is 0 Å². The number of benzene rings is 1. The highest BCUT2D eigenvalue weighted by Crippen LogP contribution is 2.19. The van der Waals surface area contributed by atoms with Crippen molar-refractivity contribution in [3.63, 3.8) is 0 Å². The maximum Gasteiger partial charge on any atom is 0.136 e. The number of aromatic amines is 1. The molecule has 0 aliphatic carbocycles. The molecule has 2 aromatic heterocycles. The van der Waals surface area contributed by atoms with Crippen LogP contribution in [-0.2, 0) is 25.9 Å². The fraction of sp³-hybridized carbons (Fsp3) is 0.312. The molecule has 0 unspecified atom stereocenters. The van der Waals surface area contributed by atoms with E-state index in [2.05, 4.69) is 22.2 Å². The average molecular weight is 279 g/mol. The maximum atomic E-state index is 4.72. The molecule has 2 N–H and O–H groups in total. The van der Waals surface area contributed by atoms with E-state index in [1.165, 1.54) is 5.56 Å². The van der Waals surface area contributed by atoms with E-state index >= 15 is 0 Å². The van der Waals surface area contributed by atoms with E-state index in [4.69, 9.17) is 9.97 Å². The summed E-state index contributed by atoms with van der Waals surface area (Å²) < 4.78 is 0. The molecule has 0 spiro atoms. The van der Waals surface area contributed by atoms with Crippen molar-refractivity contribution >= 4 is 11.0 Å². The summed E-state index contributed by atoms with van der Waals surface area (Å²) in [6.45, 7) is 3.88. The Morgan fingerprint density at radius 3 is 2.86 bits per heavy atom. The van der Waals surface area contributed by atoms with Gasteiger partial charge in [0, 0.05) is 24.3 Å². The fourth-order valence-electron chi connectivity index (χ4n) is 2.90. The third-order valence-corrected chi connectivity index (χ3v) is 3.92. The normalized spacial score (nSPS) is 13.8. The molecular formula is C16H17N5. The lowest BCUT2D eigenvalue weighted by Crippen LogP contribution is -2.06. The Hall–Kier alpha value is -2.27. The van der Waals surface area contributed by atoms with Crippen molar-refractivity contribution in [3.05, 3.63) is 52.9 Å². The standard InChI is InChI=1S/C16H17N5/c1-2-11-10-8-17-9-14(10)21-15(18-11)7-16-19-12-5-3-4-6-13(12)20-16/h3-6,17H,2,7-9H2,1H3,(H,19,20). The lowest BCUT2D eigenvalue weighted by Gasteiger charge is -2.07. The molecule has 1 aromatic carbocycles. The van der Waals surface area contributed by atoms with Crippen LogP contribution in [0.5, 0.6) is 0 Å². The molecule has 1 aliphatic rings. The molecule has 106 valence electrons. The third kappa shape index (κ3) is 2.19. The van der Waals surface area contributed by atoms with Crippen LogP contribution >= 0.6 is 0 Å². The number of H-pyrrole nitrogens is 1. The Balaban J connectivity index is 1.70. The number of fused-ring (bicyclic) bond motifs is 2. The van der Waals surface area contributed by atoms with Gasteiger partial charge in [-0.15, -0.1) is 0 Å². The minimum absolute atomic E-state index is 0.648. The zero-order valence-corrected chi connectivity index (χ0v) is 12.0. The topological polar surface area (TPSA) is 66.5 Å². The van der Waals surface area contributed by atoms with Crippen LogP contribution in [0.4, 0.5) is 0 Å². The van der Waals surface area contributed by atoms with Crippen molar-refractivity contribution in [2.45, 2.75) is 32.9 Å². The molecule has 3 heterocycles. The van der Waals surface area contributed by atoms with Gasteiger partial charge in [-0.1, -0.05) is 19.1 Å². The largest absolute Gasteiger partial charge is 0.342 e. The van der Waals surface area contributed by atoms with Crippen molar-refractivity contribution < 1.29 is 0 Å². The first-order chi connectivity index (χ1) is 10.3. The molecule has 0 bridgehead atoms. The molecule has 3 aromatic rings. The Bertz CT molecular complexity index is 773. The number of aryl methyl sites for hydroxylation is 1. The van der Waals surface area contributed by atoms with Gasteiger partial charge in [-0.05, 0) is 18.6 Å². The zero-order valence-electron chi connectivity index (χ0n) is 12.0. The van der Waals surface area contributed by atoms with Gasteiger partial charge in [0.2, 0.25) is 0 Å². The minimum Gasteiger partial charge on any atom is -0.342 e. The molecule has 5 nitrogen and oxygen atoms in total. The Morgan fingerprint density at radius 2 is 2.00 bits per heavy atom.